The summed E-state index contributed by atoms with van der Waals surface area (Å²) in [5.74, 6) is 0.185. The van der Waals surface area contributed by atoms with Crippen molar-refractivity contribution in [1.29, 1.82) is 0 Å². The first-order valence-corrected chi connectivity index (χ1v) is 7.86. The molecule has 0 amide bonds. The van der Waals surface area contributed by atoms with Crippen molar-refractivity contribution in [3.05, 3.63) is 28.2 Å². The molecular formula is C11H14Cl3NO2S. The fourth-order valence-electron chi connectivity index (χ4n) is 1.20. The zero-order chi connectivity index (χ0) is 14.1. The van der Waals surface area contributed by atoms with Gasteiger partial charge in [0.05, 0.1) is 14.9 Å². The van der Waals surface area contributed by atoms with E-state index in [2.05, 4.69) is 0 Å². The van der Waals surface area contributed by atoms with E-state index in [-0.39, 0.29) is 15.8 Å². The summed E-state index contributed by atoms with van der Waals surface area (Å²) < 4.78 is 26.0. The van der Waals surface area contributed by atoms with Crippen LogP contribution in [0.2, 0.25) is 10.0 Å². The van der Waals surface area contributed by atoms with Crippen LogP contribution < -0.4 is 0 Å². The van der Waals surface area contributed by atoms with Crippen molar-refractivity contribution in [3.8, 4) is 0 Å². The highest BCUT2D eigenvalue weighted by Crippen LogP contribution is 2.29. The first-order valence-electron chi connectivity index (χ1n) is 5.13. The monoisotopic (exact) mass is 329 g/mol. The number of hydrogen-bond acceptors (Lipinski definition) is 2. The van der Waals surface area contributed by atoms with Crippen molar-refractivity contribution in [2.45, 2.75) is 24.3 Å². The van der Waals surface area contributed by atoms with Crippen molar-refractivity contribution in [2.24, 2.45) is 0 Å². The van der Waals surface area contributed by atoms with E-state index in [0.29, 0.717) is 5.02 Å². The third-order valence-electron chi connectivity index (χ3n) is 2.73. The summed E-state index contributed by atoms with van der Waals surface area (Å²) in [6, 6.07) is 4.21. The maximum atomic E-state index is 12.4. The van der Waals surface area contributed by atoms with Crippen LogP contribution in [0.5, 0.6) is 0 Å². The van der Waals surface area contributed by atoms with Gasteiger partial charge in [0.1, 0.15) is 0 Å². The predicted octanol–water partition coefficient (Wildman–Crippen LogP) is 3.63. The van der Waals surface area contributed by atoms with Crippen molar-refractivity contribution in [2.75, 3.05) is 12.9 Å². The van der Waals surface area contributed by atoms with E-state index < -0.39 is 15.6 Å². The van der Waals surface area contributed by atoms with Gasteiger partial charge in [0.15, 0.2) is 0 Å². The summed E-state index contributed by atoms with van der Waals surface area (Å²) in [6.45, 7) is 3.49. The molecule has 0 aliphatic heterocycles. The average molecular weight is 331 g/mol. The number of rotatable bonds is 4. The number of hydrogen-bond donors (Lipinski definition) is 0. The molecule has 0 heterocycles. The maximum Gasteiger partial charge on any atom is 0.243 e. The molecule has 0 spiro atoms. The molecule has 0 bridgehead atoms. The van der Waals surface area contributed by atoms with E-state index in [1.807, 2.05) is 0 Å². The molecule has 0 aromatic heterocycles. The van der Waals surface area contributed by atoms with Crippen molar-refractivity contribution < 1.29 is 8.42 Å². The molecule has 0 aliphatic carbocycles. The van der Waals surface area contributed by atoms with Crippen LogP contribution in [0.1, 0.15) is 13.8 Å². The van der Waals surface area contributed by atoms with Crippen molar-refractivity contribution >= 4 is 44.8 Å². The first-order chi connectivity index (χ1) is 8.13. The Labute approximate surface area is 123 Å². The van der Waals surface area contributed by atoms with Crippen LogP contribution in [0.3, 0.4) is 0 Å². The molecule has 1 aromatic carbocycles. The second-order valence-electron chi connectivity index (χ2n) is 4.49. The normalized spacial score (nSPS) is 13.1. The Morgan fingerprint density at radius 3 is 2.22 bits per heavy atom. The minimum atomic E-state index is -3.64. The number of sulfonamides is 1. The van der Waals surface area contributed by atoms with Crippen LogP contribution in [0.4, 0.5) is 0 Å². The van der Waals surface area contributed by atoms with E-state index in [4.69, 9.17) is 34.8 Å². The maximum absolute atomic E-state index is 12.4. The summed E-state index contributed by atoms with van der Waals surface area (Å²) in [5, 5.41) is 0.518. The summed E-state index contributed by atoms with van der Waals surface area (Å²) in [7, 11) is -2.16. The standard InChI is InChI=1S/C11H14Cl3NO2S/c1-11(2,7-12)15(3)18(16,17)8-4-5-9(13)10(14)6-8/h4-6H,7H2,1-3H3. The minimum absolute atomic E-state index is 0.0950. The third kappa shape index (κ3) is 3.11. The molecule has 102 valence electrons. The minimum Gasteiger partial charge on any atom is -0.207 e. The zero-order valence-corrected chi connectivity index (χ0v) is 13.3. The van der Waals surface area contributed by atoms with E-state index in [0.717, 1.165) is 0 Å². The Hall–Kier alpha value is -0.000000000000000111. The van der Waals surface area contributed by atoms with E-state index in [1.54, 1.807) is 13.8 Å². The smallest absolute Gasteiger partial charge is 0.207 e. The van der Waals surface area contributed by atoms with Gasteiger partial charge in [0.2, 0.25) is 10.0 Å². The lowest BCUT2D eigenvalue weighted by atomic mass is 10.1. The predicted molar refractivity (Wildman–Crippen MR) is 76.2 cm³/mol. The molecule has 1 aromatic rings. The quantitative estimate of drug-likeness (QED) is 0.791. The lowest BCUT2D eigenvalue weighted by Gasteiger charge is -2.32. The van der Waals surface area contributed by atoms with E-state index in [1.165, 1.54) is 29.6 Å². The molecule has 0 N–H and O–H groups in total. The molecule has 3 nitrogen and oxygen atoms in total. The van der Waals surface area contributed by atoms with E-state index >= 15 is 0 Å². The van der Waals surface area contributed by atoms with Crippen LogP contribution in [0.25, 0.3) is 0 Å². The molecule has 0 radical (unpaired) electrons. The van der Waals surface area contributed by atoms with Gasteiger partial charge in [0.25, 0.3) is 0 Å². The Kier molecular flexibility index (Phi) is 4.95. The van der Waals surface area contributed by atoms with Crippen LogP contribution >= 0.6 is 34.8 Å². The summed E-state index contributed by atoms with van der Waals surface area (Å²) in [6.07, 6.45) is 0. The molecule has 18 heavy (non-hydrogen) atoms. The van der Waals surface area contributed by atoms with Gasteiger partial charge < -0.3 is 0 Å². The SMILES string of the molecule is CN(C(C)(C)CCl)S(=O)(=O)c1ccc(Cl)c(Cl)c1. The van der Waals surface area contributed by atoms with Gasteiger partial charge in [-0.15, -0.1) is 11.6 Å². The fraction of sp³-hybridized carbons (Fsp3) is 0.455. The molecule has 0 aliphatic rings. The topological polar surface area (TPSA) is 37.4 Å². The van der Waals surface area contributed by atoms with Gasteiger partial charge in [-0.1, -0.05) is 23.2 Å². The zero-order valence-electron chi connectivity index (χ0n) is 10.2. The summed E-state index contributed by atoms with van der Waals surface area (Å²) in [4.78, 5) is 0.0950. The molecule has 7 heteroatoms. The van der Waals surface area contributed by atoms with Crippen molar-refractivity contribution in [3.63, 3.8) is 0 Å². The molecule has 0 saturated heterocycles. The van der Waals surface area contributed by atoms with Gasteiger partial charge >= 0.3 is 0 Å². The summed E-state index contributed by atoms with van der Waals surface area (Å²) >= 11 is 17.4. The highest BCUT2D eigenvalue weighted by Gasteiger charge is 2.33. The fourth-order valence-corrected chi connectivity index (χ4v) is 3.36. The van der Waals surface area contributed by atoms with Gasteiger partial charge in [-0.05, 0) is 32.0 Å². The highest BCUT2D eigenvalue weighted by atomic mass is 35.5. The van der Waals surface area contributed by atoms with E-state index in [9.17, 15) is 8.42 Å². The Balaban J connectivity index is 3.26. The lowest BCUT2D eigenvalue weighted by molar-refractivity contribution is 0.296. The molecule has 0 saturated carbocycles. The van der Waals surface area contributed by atoms with Crippen molar-refractivity contribution in [1.82, 2.24) is 4.31 Å². The summed E-state index contributed by atoms with van der Waals surface area (Å²) in [5.41, 5.74) is -0.688. The van der Waals surface area contributed by atoms with Crippen LogP contribution in [-0.4, -0.2) is 31.2 Å². The van der Waals surface area contributed by atoms with Crippen LogP contribution in [-0.2, 0) is 10.0 Å². The van der Waals surface area contributed by atoms with Gasteiger partial charge in [0, 0.05) is 18.5 Å². The molecular weight excluding hydrogens is 317 g/mol. The number of halogens is 3. The number of alkyl halides is 1. The highest BCUT2D eigenvalue weighted by molar-refractivity contribution is 7.89. The van der Waals surface area contributed by atoms with Gasteiger partial charge in [-0.3, -0.25) is 0 Å². The molecule has 1 rings (SSSR count). The second-order valence-corrected chi connectivity index (χ2v) is 7.55. The van der Waals surface area contributed by atoms with Gasteiger partial charge in [-0.2, -0.15) is 4.31 Å². The third-order valence-corrected chi connectivity index (χ3v) is 6.19. The Morgan fingerprint density at radius 1 is 1.22 bits per heavy atom. The second kappa shape index (κ2) is 5.55. The molecule has 0 fully saturated rings. The van der Waals surface area contributed by atoms with Crippen LogP contribution in [0, 0.1) is 0 Å². The largest absolute Gasteiger partial charge is 0.243 e. The molecule has 0 atom stereocenters. The molecule has 0 unspecified atom stereocenters. The number of nitrogens with zero attached hydrogens (tertiary/aromatic N) is 1. The lowest BCUT2D eigenvalue weighted by Crippen LogP contribution is -2.46. The Bertz CT molecular complexity index is 543. The van der Waals surface area contributed by atoms with Gasteiger partial charge in [-0.25, -0.2) is 8.42 Å². The average Bonchev–Trinajstić information content (AvgIpc) is 2.31. The first kappa shape index (κ1) is 16.1. The Morgan fingerprint density at radius 2 is 1.78 bits per heavy atom. The number of benzene rings is 1. The van der Waals surface area contributed by atoms with Crippen LogP contribution in [0.15, 0.2) is 23.1 Å².